The molecule has 1 heterocycles. The third-order valence-corrected chi connectivity index (χ3v) is 1.74. The molecule has 0 saturated heterocycles. The van der Waals surface area contributed by atoms with Crippen molar-refractivity contribution in [2.24, 2.45) is 0 Å². The molecule has 4 nitrogen and oxygen atoms in total. The number of hydrogen-bond donors (Lipinski definition) is 1. The Kier molecular flexibility index (Phi) is 2.86. The zero-order valence-corrected chi connectivity index (χ0v) is 7.85. The maximum atomic E-state index is 10.1. The van der Waals surface area contributed by atoms with Crippen molar-refractivity contribution < 1.29 is 9.90 Å². The summed E-state index contributed by atoms with van der Waals surface area (Å²) >= 11 is 2.08. The van der Waals surface area contributed by atoms with Gasteiger partial charge in [0.1, 0.15) is 3.70 Å². The maximum absolute atomic E-state index is 10.1. The van der Waals surface area contributed by atoms with Crippen LogP contribution >= 0.6 is 22.6 Å². The summed E-state index contributed by atoms with van der Waals surface area (Å²) in [7, 11) is 0. The normalized spacial score (nSPS) is 9.91. The number of carboxylic acids is 1. The highest BCUT2D eigenvalue weighted by Gasteiger charge is 1.98. The number of aliphatic carboxylic acids is 1. The van der Waals surface area contributed by atoms with Crippen LogP contribution in [0, 0.1) is 3.70 Å². The second-order valence-electron chi connectivity index (χ2n) is 2.05. The number of hydrogen-bond acceptors (Lipinski definition) is 2. The summed E-state index contributed by atoms with van der Waals surface area (Å²) in [5.41, 5.74) is 0. The summed E-state index contributed by atoms with van der Waals surface area (Å²) in [5.74, 6) is -0.796. The second-order valence-corrected chi connectivity index (χ2v) is 3.15. The van der Waals surface area contributed by atoms with Gasteiger partial charge in [-0.25, -0.2) is 0 Å². The van der Waals surface area contributed by atoms with E-state index in [0.717, 1.165) is 3.70 Å². The van der Waals surface area contributed by atoms with Gasteiger partial charge in [0.15, 0.2) is 0 Å². The molecule has 1 N–H and O–H groups in total. The van der Waals surface area contributed by atoms with Crippen LogP contribution in [0.15, 0.2) is 12.3 Å². The number of carboxylic acid groups (broad SMARTS) is 1. The van der Waals surface area contributed by atoms with Gasteiger partial charge >= 0.3 is 5.97 Å². The summed E-state index contributed by atoms with van der Waals surface area (Å²) in [6, 6.07) is 1.84. The molecule has 1 aromatic rings. The molecule has 0 unspecified atom stereocenters. The summed E-state index contributed by atoms with van der Waals surface area (Å²) in [6.45, 7) is 0.443. The zero-order chi connectivity index (χ0) is 8.27. The summed E-state index contributed by atoms with van der Waals surface area (Å²) < 4.78 is 2.50. The minimum Gasteiger partial charge on any atom is -0.481 e. The largest absolute Gasteiger partial charge is 0.481 e. The van der Waals surface area contributed by atoms with Gasteiger partial charge in [-0.1, -0.05) is 0 Å². The van der Waals surface area contributed by atoms with Crippen LogP contribution in [0.1, 0.15) is 6.42 Å². The Balaban J connectivity index is 2.45. The lowest BCUT2D eigenvalue weighted by atomic mass is 10.4. The Hall–Kier alpha value is -0.590. The van der Waals surface area contributed by atoms with Gasteiger partial charge in [0.05, 0.1) is 13.0 Å². The number of nitrogens with zero attached hydrogens (tertiary/aromatic N) is 2. The minimum absolute atomic E-state index is 0.123. The molecule has 0 amide bonds. The SMILES string of the molecule is O=C(O)CCn1ccc(I)n1. The molecule has 1 aromatic heterocycles. The lowest BCUT2D eigenvalue weighted by molar-refractivity contribution is -0.137. The van der Waals surface area contributed by atoms with Gasteiger partial charge in [0.2, 0.25) is 0 Å². The number of aryl methyl sites for hydroxylation is 1. The van der Waals surface area contributed by atoms with Crippen molar-refractivity contribution in [1.29, 1.82) is 0 Å². The van der Waals surface area contributed by atoms with Crippen molar-refractivity contribution in [3.05, 3.63) is 16.0 Å². The third-order valence-electron chi connectivity index (χ3n) is 1.16. The van der Waals surface area contributed by atoms with Crippen molar-refractivity contribution in [2.45, 2.75) is 13.0 Å². The van der Waals surface area contributed by atoms with Gasteiger partial charge in [-0.3, -0.25) is 9.48 Å². The van der Waals surface area contributed by atoms with Crippen molar-refractivity contribution in [3.63, 3.8) is 0 Å². The Morgan fingerprint density at radius 1 is 1.82 bits per heavy atom. The highest BCUT2D eigenvalue weighted by molar-refractivity contribution is 14.1. The van der Waals surface area contributed by atoms with Crippen LogP contribution in [-0.2, 0) is 11.3 Å². The molecule has 11 heavy (non-hydrogen) atoms. The molecule has 0 fully saturated rings. The van der Waals surface area contributed by atoms with Crippen molar-refractivity contribution in [1.82, 2.24) is 9.78 Å². The molecule has 1 rings (SSSR count). The van der Waals surface area contributed by atoms with Crippen molar-refractivity contribution >= 4 is 28.6 Å². The fourth-order valence-electron chi connectivity index (χ4n) is 0.672. The Labute approximate surface area is 77.4 Å². The third kappa shape index (κ3) is 2.87. The standard InChI is InChI=1S/C6H7IN2O2/c7-5-1-3-9(8-5)4-2-6(10)11/h1,3H,2,4H2,(H,10,11). The van der Waals surface area contributed by atoms with Crippen LogP contribution < -0.4 is 0 Å². The first-order valence-electron chi connectivity index (χ1n) is 3.09. The van der Waals surface area contributed by atoms with E-state index in [1.54, 1.807) is 10.9 Å². The maximum Gasteiger partial charge on any atom is 0.305 e. The second kappa shape index (κ2) is 3.70. The van der Waals surface area contributed by atoms with Crippen molar-refractivity contribution in [3.8, 4) is 0 Å². The monoisotopic (exact) mass is 266 g/mol. The van der Waals surface area contributed by atoms with E-state index in [1.807, 2.05) is 6.07 Å². The van der Waals surface area contributed by atoms with Crippen LogP contribution in [0.2, 0.25) is 0 Å². The topological polar surface area (TPSA) is 55.1 Å². The molecule has 5 heteroatoms. The lowest BCUT2D eigenvalue weighted by Crippen LogP contribution is -2.04. The van der Waals surface area contributed by atoms with Gasteiger partial charge in [-0.05, 0) is 28.7 Å². The average Bonchev–Trinajstić information content (AvgIpc) is 2.31. The smallest absolute Gasteiger partial charge is 0.305 e. The molecule has 0 aliphatic carbocycles. The van der Waals surface area contributed by atoms with Crippen LogP contribution in [0.4, 0.5) is 0 Å². The quantitative estimate of drug-likeness (QED) is 0.829. The van der Waals surface area contributed by atoms with Crippen molar-refractivity contribution in [2.75, 3.05) is 0 Å². The molecular formula is C6H7IN2O2. The average molecular weight is 266 g/mol. The van der Waals surface area contributed by atoms with Crippen LogP contribution in [0.5, 0.6) is 0 Å². The Bertz CT molecular complexity index is 259. The van der Waals surface area contributed by atoms with E-state index in [4.69, 9.17) is 5.11 Å². The molecule has 0 aliphatic rings. The molecule has 0 saturated carbocycles. The van der Waals surface area contributed by atoms with E-state index in [9.17, 15) is 4.79 Å². The van der Waals surface area contributed by atoms with Gasteiger partial charge in [-0.15, -0.1) is 0 Å². The predicted molar refractivity (Wildman–Crippen MR) is 47.2 cm³/mol. The van der Waals surface area contributed by atoms with E-state index >= 15 is 0 Å². The van der Waals surface area contributed by atoms with E-state index in [0.29, 0.717) is 6.54 Å². The van der Waals surface area contributed by atoms with E-state index in [-0.39, 0.29) is 6.42 Å². The van der Waals surface area contributed by atoms with E-state index < -0.39 is 5.97 Å². The molecule has 0 atom stereocenters. The summed E-state index contributed by atoms with van der Waals surface area (Å²) in [6.07, 6.45) is 1.89. The van der Waals surface area contributed by atoms with Gasteiger partial charge < -0.3 is 5.11 Å². The van der Waals surface area contributed by atoms with Crippen LogP contribution in [-0.4, -0.2) is 20.9 Å². The Morgan fingerprint density at radius 3 is 3.00 bits per heavy atom. The first kappa shape index (κ1) is 8.51. The Morgan fingerprint density at radius 2 is 2.55 bits per heavy atom. The molecule has 0 spiro atoms. The molecule has 0 aromatic carbocycles. The molecule has 0 bridgehead atoms. The lowest BCUT2D eigenvalue weighted by Gasteiger charge is -1.95. The first-order chi connectivity index (χ1) is 5.18. The van der Waals surface area contributed by atoms with E-state index in [2.05, 4.69) is 27.7 Å². The van der Waals surface area contributed by atoms with Crippen LogP contribution in [0.25, 0.3) is 0 Å². The molecule has 0 radical (unpaired) electrons. The van der Waals surface area contributed by atoms with Crippen LogP contribution in [0.3, 0.4) is 0 Å². The fraction of sp³-hybridized carbons (Fsp3) is 0.333. The van der Waals surface area contributed by atoms with Gasteiger partial charge in [0, 0.05) is 6.20 Å². The number of carbonyl (C=O) groups is 1. The number of aromatic nitrogens is 2. The van der Waals surface area contributed by atoms with E-state index in [1.165, 1.54) is 0 Å². The highest BCUT2D eigenvalue weighted by Crippen LogP contribution is 1.99. The minimum atomic E-state index is -0.796. The molecule has 0 aliphatic heterocycles. The molecule has 60 valence electrons. The van der Waals surface area contributed by atoms with Gasteiger partial charge in [0.25, 0.3) is 0 Å². The number of rotatable bonds is 3. The van der Waals surface area contributed by atoms with Gasteiger partial charge in [-0.2, -0.15) is 5.10 Å². The summed E-state index contributed by atoms with van der Waals surface area (Å²) in [5, 5.41) is 12.4. The summed E-state index contributed by atoms with van der Waals surface area (Å²) in [4.78, 5) is 10.1. The zero-order valence-electron chi connectivity index (χ0n) is 5.70. The highest BCUT2D eigenvalue weighted by atomic mass is 127. The first-order valence-corrected chi connectivity index (χ1v) is 4.17. The predicted octanol–water partition coefficient (Wildman–Crippen LogP) is 0.962. The molecular weight excluding hydrogens is 259 g/mol. The number of halogens is 1. The fourth-order valence-corrected chi connectivity index (χ4v) is 1.11.